The summed E-state index contributed by atoms with van der Waals surface area (Å²) in [5, 5.41) is 22.6. The Hall–Kier alpha value is -5.42. The van der Waals surface area contributed by atoms with Crippen molar-refractivity contribution in [3.63, 3.8) is 0 Å². The van der Waals surface area contributed by atoms with Crippen LogP contribution in [0.1, 0.15) is 80.6 Å². The first-order valence-corrected chi connectivity index (χ1v) is 23.3. The first-order chi connectivity index (χ1) is 31.0. The van der Waals surface area contributed by atoms with E-state index in [0.29, 0.717) is 39.1 Å². The summed E-state index contributed by atoms with van der Waals surface area (Å²) in [6.07, 6.45) is 6.45. The number of hydrazine groups is 1. The monoisotopic (exact) mass is 896 g/mol. The molecule has 5 atom stereocenters. The fraction of sp³-hybridized carbons (Fsp3) is 0.500. The Balaban J connectivity index is 1.24. The number of amides is 5. The second-order valence-electron chi connectivity index (χ2n) is 17.0. The van der Waals surface area contributed by atoms with E-state index < -0.39 is 36.2 Å². The number of nitrogens with one attached hydrogen (secondary N) is 3. The molecule has 0 bridgehead atoms. The van der Waals surface area contributed by atoms with Crippen LogP contribution in [-0.4, -0.2) is 112 Å². The average Bonchev–Trinajstić information content (AvgIpc) is 3.91. The predicted octanol–water partition coefficient (Wildman–Crippen LogP) is 6.32. The van der Waals surface area contributed by atoms with Gasteiger partial charge in [-0.05, 0) is 47.9 Å². The maximum Gasteiger partial charge on any atom is 0.407 e. The van der Waals surface area contributed by atoms with Crippen LogP contribution in [0.3, 0.4) is 0 Å². The second kappa shape index (κ2) is 24.0. The number of aliphatic hydroxyl groups excluding tert-OH is 1. The van der Waals surface area contributed by atoms with Gasteiger partial charge in [-0.15, -0.1) is 11.3 Å². The first-order valence-electron chi connectivity index (χ1n) is 22.5. The molecule has 1 aliphatic heterocycles. The lowest BCUT2D eigenvalue weighted by molar-refractivity contribution is -0.131. The van der Waals surface area contributed by atoms with Crippen LogP contribution >= 0.6 is 11.3 Å². The number of hydrogen-bond acceptors (Lipinski definition) is 11. The molecule has 5 amide bonds. The van der Waals surface area contributed by atoms with Crippen LogP contribution in [-0.2, 0) is 45.2 Å². The second-order valence-corrected chi connectivity index (χ2v) is 17.9. The highest BCUT2D eigenvalue weighted by Crippen LogP contribution is 2.28. The Bertz CT molecular complexity index is 2090. The van der Waals surface area contributed by atoms with Crippen molar-refractivity contribution >= 4 is 35.3 Å². The number of carbonyl (C=O) groups excluding carboxylic acids is 4. The number of ether oxygens (including phenoxy) is 2. The summed E-state index contributed by atoms with van der Waals surface area (Å²) in [5.41, 5.74) is 7.29. The third kappa shape index (κ3) is 13.5. The van der Waals surface area contributed by atoms with Gasteiger partial charge in [0.15, 0.2) is 0 Å². The number of benzene rings is 2. The van der Waals surface area contributed by atoms with E-state index >= 15 is 0 Å². The average molecular weight is 897 g/mol. The van der Waals surface area contributed by atoms with E-state index in [4.69, 9.17) is 9.47 Å². The summed E-state index contributed by atoms with van der Waals surface area (Å²) in [4.78, 5) is 67.9. The summed E-state index contributed by atoms with van der Waals surface area (Å²) in [7, 11) is 2.89. The van der Waals surface area contributed by atoms with Crippen LogP contribution < -0.4 is 16.1 Å². The predicted molar refractivity (Wildman–Crippen MR) is 245 cm³/mol. The molecule has 1 saturated heterocycles. The Morgan fingerprint density at radius 2 is 1.69 bits per heavy atom. The molecule has 1 saturated carbocycles. The summed E-state index contributed by atoms with van der Waals surface area (Å²) in [5.74, 6) is -0.729. The molecule has 2 aromatic heterocycles. The fourth-order valence-corrected chi connectivity index (χ4v) is 9.38. The molecule has 0 radical (unpaired) electrons. The number of carbonyl (C=O) groups is 4. The third-order valence-electron chi connectivity index (χ3n) is 12.3. The summed E-state index contributed by atoms with van der Waals surface area (Å²) >= 11 is 1.48. The minimum absolute atomic E-state index is 0.0804. The van der Waals surface area contributed by atoms with Crippen LogP contribution in [0.5, 0.6) is 0 Å². The van der Waals surface area contributed by atoms with E-state index in [1.807, 2.05) is 92.0 Å². The van der Waals surface area contributed by atoms with Crippen LogP contribution in [0, 0.1) is 11.8 Å². The van der Waals surface area contributed by atoms with Crippen molar-refractivity contribution in [3.8, 4) is 11.3 Å². The van der Waals surface area contributed by atoms with Crippen molar-refractivity contribution < 1.29 is 33.8 Å². The van der Waals surface area contributed by atoms with Crippen LogP contribution in [0.25, 0.3) is 11.3 Å². The lowest BCUT2D eigenvalue weighted by Gasteiger charge is -2.35. The number of alkyl carbamates (subject to hydrolysis) is 1. The molecule has 6 rings (SSSR count). The zero-order chi connectivity index (χ0) is 45.4. The van der Waals surface area contributed by atoms with Gasteiger partial charge < -0.3 is 35.0 Å². The normalized spacial score (nSPS) is 16.8. The van der Waals surface area contributed by atoms with E-state index in [0.717, 1.165) is 65.2 Å². The van der Waals surface area contributed by atoms with Crippen molar-refractivity contribution in [1.82, 2.24) is 40.8 Å². The van der Waals surface area contributed by atoms with Gasteiger partial charge in [-0.3, -0.25) is 20.0 Å². The molecule has 3 heterocycles. The number of pyridine rings is 1. The van der Waals surface area contributed by atoms with E-state index in [1.54, 1.807) is 28.1 Å². The molecule has 0 spiro atoms. The lowest BCUT2D eigenvalue weighted by Crippen LogP contribution is -2.59. The maximum atomic E-state index is 14.6. The molecule has 2 fully saturated rings. The topological polar surface area (TPSA) is 179 Å². The zero-order valence-corrected chi connectivity index (χ0v) is 38.3. The van der Waals surface area contributed by atoms with Gasteiger partial charge in [-0.1, -0.05) is 113 Å². The van der Waals surface area contributed by atoms with E-state index in [9.17, 15) is 24.3 Å². The van der Waals surface area contributed by atoms with E-state index in [2.05, 4.69) is 26.0 Å². The zero-order valence-electron chi connectivity index (χ0n) is 37.5. The molecular weight excluding hydrogens is 833 g/mol. The molecule has 344 valence electrons. The minimum atomic E-state index is -1.20. The van der Waals surface area contributed by atoms with E-state index in [1.165, 1.54) is 18.4 Å². The van der Waals surface area contributed by atoms with Gasteiger partial charge in [-0.2, -0.15) is 0 Å². The number of aromatic nitrogens is 2. The molecule has 2 aromatic carbocycles. The molecule has 1 aliphatic carbocycles. The van der Waals surface area contributed by atoms with Crippen LogP contribution in [0.4, 0.5) is 9.59 Å². The SMILES string of the molecule is CCC(C)C(C(=O)NC(Cc1ccccc1)C(O)CN(Cc1ccc(-c2ccccn2)cc1)NC(=O)C(CC1CCCCC1)NC(=O)OC)N1CCN(Cc2csc(COC)n2)C1=O. The molecule has 2 aliphatic rings. The maximum absolute atomic E-state index is 14.6. The van der Waals surface area contributed by atoms with E-state index in [-0.39, 0.29) is 43.3 Å². The molecule has 15 nitrogen and oxygen atoms in total. The Kier molecular flexibility index (Phi) is 18.0. The number of hydrogen-bond donors (Lipinski definition) is 4. The highest BCUT2D eigenvalue weighted by molar-refractivity contribution is 7.09. The van der Waals surface area contributed by atoms with Gasteiger partial charge in [-0.25, -0.2) is 19.6 Å². The van der Waals surface area contributed by atoms with Gasteiger partial charge in [0.05, 0.1) is 43.8 Å². The van der Waals surface area contributed by atoms with Crippen molar-refractivity contribution in [2.24, 2.45) is 11.8 Å². The third-order valence-corrected chi connectivity index (χ3v) is 13.1. The standard InChI is InChI=1S/C48H64N8O7S/c1-5-33(2)44(56-25-24-54(48(56)61)29-38-32-64-43(50-38)31-62-3)46(59)51-40(26-34-14-8-6-9-15-34)42(57)30-55(28-36-19-21-37(22-20-36)39-18-12-13-23-49-39)53-45(58)41(52-47(60)63-4)27-35-16-10-7-11-17-35/h6,8-9,12-15,18-23,32-33,35,40-42,44,57H,5,7,10-11,16-17,24-31H2,1-4H3,(H,51,59)(H,52,60)(H,53,58). The quantitative estimate of drug-likeness (QED) is 0.0653. The van der Waals surface area contributed by atoms with Crippen molar-refractivity contribution in [2.45, 2.75) is 109 Å². The van der Waals surface area contributed by atoms with Crippen molar-refractivity contribution in [1.29, 1.82) is 0 Å². The number of thiazole rings is 1. The van der Waals surface area contributed by atoms with Gasteiger partial charge in [0, 0.05) is 50.4 Å². The molecular formula is C48H64N8O7S. The van der Waals surface area contributed by atoms with Gasteiger partial charge in [0.1, 0.15) is 17.1 Å². The van der Waals surface area contributed by atoms with Gasteiger partial charge in [0.25, 0.3) is 5.91 Å². The largest absolute Gasteiger partial charge is 0.453 e. The number of nitrogens with zero attached hydrogens (tertiary/aromatic N) is 5. The number of methoxy groups -OCH3 is 2. The fourth-order valence-electron chi connectivity index (χ4n) is 8.62. The molecule has 64 heavy (non-hydrogen) atoms. The number of rotatable bonds is 22. The summed E-state index contributed by atoms with van der Waals surface area (Å²) < 4.78 is 10.1. The molecule has 4 aromatic rings. The van der Waals surface area contributed by atoms with Crippen molar-refractivity contribution in [2.75, 3.05) is 33.9 Å². The Labute approximate surface area is 380 Å². The smallest absolute Gasteiger partial charge is 0.407 e. The molecule has 5 unspecified atom stereocenters. The summed E-state index contributed by atoms with van der Waals surface area (Å²) in [6, 6.07) is 20.4. The molecule has 4 N–H and O–H groups in total. The molecule has 16 heteroatoms. The van der Waals surface area contributed by atoms with Crippen LogP contribution in [0.15, 0.2) is 84.4 Å². The highest BCUT2D eigenvalue weighted by atomic mass is 32.1. The Morgan fingerprint density at radius 1 is 0.938 bits per heavy atom. The number of urea groups is 1. The first kappa shape index (κ1) is 48.0. The van der Waals surface area contributed by atoms with Gasteiger partial charge in [0.2, 0.25) is 5.91 Å². The highest BCUT2D eigenvalue weighted by Gasteiger charge is 2.41. The minimum Gasteiger partial charge on any atom is -0.453 e. The van der Waals surface area contributed by atoms with Crippen molar-refractivity contribution in [3.05, 3.63) is 106 Å². The lowest BCUT2D eigenvalue weighted by atomic mass is 9.84. The number of aliphatic hydroxyl groups is 1. The Morgan fingerprint density at radius 3 is 2.38 bits per heavy atom. The van der Waals surface area contributed by atoms with Gasteiger partial charge >= 0.3 is 12.1 Å². The summed E-state index contributed by atoms with van der Waals surface area (Å²) in [6.45, 7) is 5.60. The van der Waals surface area contributed by atoms with Crippen LogP contribution in [0.2, 0.25) is 0 Å².